The van der Waals surface area contributed by atoms with Gasteiger partial charge in [-0.15, -0.1) is 0 Å². The average Bonchev–Trinajstić information content (AvgIpc) is 3.07. The van der Waals surface area contributed by atoms with E-state index >= 15 is 0 Å². The van der Waals surface area contributed by atoms with Gasteiger partial charge in [0, 0.05) is 22.5 Å². The van der Waals surface area contributed by atoms with Crippen LogP contribution in [0.2, 0.25) is 0 Å². The number of hydrogen-bond donors (Lipinski definition) is 0. The molecule has 24 heavy (non-hydrogen) atoms. The van der Waals surface area contributed by atoms with Crippen LogP contribution in [0, 0.1) is 13.8 Å². The summed E-state index contributed by atoms with van der Waals surface area (Å²) >= 11 is 0. The summed E-state index contributed by atoms with van der Waals surface area (Å²) in [7, 11) is 0. The molecule has 0 atom stereocenters. The van der Waals surface area contributed by atoms with E-state index in [0.29, 0.717) is 0 Å². The number of nitrogens with zero attached hydrogens (tertiary/aromatic N) is 1. The lowest BCUT2D eigenvalue weighted by atomic mass is 10.1. The summed E-state index contributed by atoms with van der Waals surface area (Å²) in [5, 5.41) is 0. The predicted molar refractivity (Wildman–Crippen MR) is 97.2 cm³/mol. The fourth-order valence-corrected chi connectivity index (χ4v) is 3.94. The van der Waals surface area contributed by atoms with Crippen LogP contribution in [0.3, 0.4) is 0 Å². The number of hydrogen-bond acceptors (Lipinski definition) is 2. The molecule has 0 fully saturated rings. The Hall–Kier alpha value is -2.03. The third-order valence-corrected chi connectivity index (χ3v) is 4.84. The van der Waals surface area contributed by atoms with Gasteiger partial charge in [0.15, 0.2) is 6.61 Å². The van der Waals surface area contributed by atoms with Gasteiger partial charge in [0.05, 0.1) is 0 Å². The largest absolute Gasteiger partial charge is 0.485 e. The summed E-state index contributed by atoms with van der Waals surface area (Å²) in [5.41, 5.74) is 5.65. The van der Waals surface area contributed by atoms with Crippen molar-refractivity contribution in [3.8, 4) is 5.75 Å². The molecule has 128 valence electrons. The summed E-state index contributed by atoms with van der Waals surface area (Å²) in [4.78, 5) is 12.6. The number of fused-ring (bicyclic) bond motifs is 1. The van der Waals surface area contributed by atoms with Gasteiger partial charge in [0.2, 0.25) is 5.78 Å². The molecule has 0 radical (unpaired) electrons. The molecule has 1 aromatic carbocycles. The molecule has 0 bridgehead atoms. The van der Waals surface area contributed by atoms with Gasteiger partial charge in [-0.2, -0.15) is 0 Å². The zero-order valence-corrected chi connectivity index (χ0v) is 15.4. The Morgan fingerprint density at radius 2 is 1.83 bits per heavy atom. The highest BCUT2D eigenvalue weighted by Crippen LogP contribution is 2.27. The van der Waals surface area contributed by atoms with Gasteiger partial charge in [-0.05, 0) is 83.2 Å². The molecule has 3 rings (SSSR count). The highest BCUT2D eigenvalue weighted by Gasteiger charge is 2.23. The Balaban J connectivity index is 1.74. The van der Waals surface area contributed by atoms with Crippen molar-refractivity contribution >= 4 is 5.78 Å². The lowest BCUT2D eigenvalue weighted by Crippen LogP contribution is -2.24. The van der Waals surface area contributed by atoms with Gasteiger partial charge in [-0.25, -0.2) is 0 Å². The van der Waals surface area contributed by atoms with E-state index in [9.17, 15) is 4.79 Å². The van der Waals surface area contributed by atoms with Crippen molar-refractivity contribution in [2.24, 2.45) is 0 Å². The van der Waals surface area contributed by atoms with Gasteiger partial charge >= 0.3 is 0 Å². The van der Waals surface area contributed by atoms with E-state index < -0.39 is 0 Å². The van der Waals surface area contributed by atoms with Crippen molar-refractivity contribution < 1.29 is 9.53 Å². The Kier molecular flexibility index (Phi) is 4.29. The van der Waals surface area contributed by atoms with Crippen LogP contribution in [0.1, 0.15) is 60.1 Å². The second-order valence-corrected chi connectivity index (χ2v) is 7.79. The summed E-state index contributed by atoms with van der Waals surface area (Å²) in [5.74, 6) is 0.840. The third kappa shape index (κ3) is 3.12. The molecule has 0 amide bonds. The van der Waals surface area contributed by atoms with Crippen LogP contribution in [0.25, 0.3) is 0 Å². The normalized spacial score (nSPS) is 13.9. The van der Waals surface area contributed by atoms with Gasteiger partial charge in [-0.3, -0.25) is 4.79 Å². The average molecular weight is 325 g/mol. The van der Waals surface area contributed by atoms with Crippen molar-refractivity contribution in [1.82, 2.24) is 4.57 Å². The van der Waals surface area contributed by atoms with Crippen molar-refractivity contribution in [3.63, 3.8) is 0 Å². The Morgan fingerprint density at radius 1 is 1.12 bits per heavy atom. The molecule has 0 saturated carbocycles. The fraction of sp³-hybridized carbons (Fsp3) is 0.476. The number of ether oxygens (including phenoxy) is 1. The van der Waals surface area contributed by atoms with Crippen LogP contribution < -0.4 is 4.74 Å². The minimum Gasteiger partial charge on any atom is -0.485 e. The lowest BCUT2D eigenvalue weighted by molar-refractivity contribution is 0.0920. The molecule has 0 aliphatic heterocycles. The molecule has 0 N–H and O–H groups in total. The molecule has 3 nitrogen and oxygen atoms in total. The second-order valence-electron chi connectivity index (χ2n) is 7.79. The Morgan fingerprint density at radius 3 is 2.50 bits per heavy atom. The first-order valence-corrected chi connectivity index (χ1v) is 8.74. The summed E-state index contributed by atoms with van der Waals surface area (Å²) in [6.45, 7) is 10.6. The number of aromatic nitrogens is 1. The van der Waals surface area contributed by atoms with E-state index in [1.54, 1.807) is 0 Å². The highest BCUT2D eigenvalue weighted by atomic mass is 16.5. The molecule has 0 saturated heterocycles. The van der Waals surface area contributed by atoms with Gasteiger partial charge < -0.3 is 9.30 Å². The smallest absolute Gasteiger partial charge is 0.202 e. The molecule has 3 heteroatoms. The maximum Gasteiger partial charge on any atom is 0.202 e. The molecule has 1 heterocycles. The minimum atomic E-state index is -0.0342. The van der Waals surface area contributed by atoms with Gasteiger partial charge in [-0.1, -0.05) is 6.07 Å². The quantitative estimate of drug-likeness (QED) is 0.769. The van der Waals surface area contributed by atoms with Crippen LogP contribution in [0.15, 0.2) is 24.3 Å². The van der Waals surface area contributed by atoms with Crippen molar-refractivity contribution in [1.29, 1.82) is 0 Å². The zero-order chi connectivity index (χ0) is 17.5. The first-order valence-electron chi connectivity index (χ1n) is 8.74. The van der Waals surface area contributed by atoms with Crippen LogP contribution in [-0.2, 0) is 18.4 Å². The molecule has 0 spiro atoms. The standard InChI is InChI=1S/C21H27NO2/c1-14-11-19(15(2)22(14)21(3,4)5)20(23)13-24-18-10-9-16-7-6-8-17(16)12-18/h9-12H,6-8,13H2,1-5H3. The van der Waals surface area contributed by atoms with Crippen molar-refractivity contribution in [2.45, 2.75) is 59.4 Å². The molecular formula is C21H27NO2. The minimum absolute atomic E-state index is 0.0342. The van der Waals surface area contributed by atoms with E-state index in [2.05, 4.69) is 44.4 Å². The first kappa shape index (κ1) is 16.8. The Bertz CT molecular complexity index is 778. The van der Waals surface area contributed by atoms with Crippen molar-refractivity contribution in [2.75, 3.05) is 6.61 Å². The number of benzene rings is 1. The zero-order valence-electron chi connectivity index (χ0n) is 15.4. The molecule has 1 aliphatic carbocycles. The summed E-state index contributed by atoms with van der Waals surface area (Å²) in [6, 6.07) is 8.19. The van der Waals surface area contributed by atoms with E-state index in [4.69, 9.17) is 4.74 Å². The van der Waals surface area contributed by atoms with Crippen LogP contribution in [0.5, 0.6) is 5.75 Å². The fourth-order valence-electron chi connectivity index (χ4n) is 3.94. The van der Waals surface area contributed by atoms with E-state index in [0.717, 1.165) is 35.5 Å². The number of rotatable bonds is 4. The van der Waals surface area contributed by atoms with Gasteiger partial charge in [0.25, 0.3) is 0 Å². The molecule has 1 aromatic heterocycles. The molecule has 2 aromatic rings. The number of aryl methyl sites for hydroxylation is 3. The lowest BCUT2D eigenvalue weighted by Gasteiger charge is -2.25. The van der Waals surface area contributed by atoms with Crippen LogP contribution in [-0.4, -0.2) is 17.0 Å². The topological polar surface area (TPSA) is 31.2 Å². The highest BCUT2D eigenvalue weighted by molar-refractivity contribution is 5.98. The Labute approximate surface area is 144 Å². The second kappa shape index (κ2) is 6.12. The van der Waals surface area contributed by atoms with Crippen molar-refractivity contribution in [3.05, 3.63) is 52.3 Å². The third-order valence-electron chi connectivity index (χ3n) is 4.84. The maximum absolute atomic E-state index is 12.6. The monoisotopic (exact) mass is 325 g/mol. The summed E-state index contributed by atoms with van der Waals surface area (Å²) in [6.07, 6.45) is 3.50. The summed E-state index contributed by atoms with van der Waals surface area (Å²) < 4.78 is 8.00. The SMILES string of the molecule is Cc1cc(C(=O)COc2ccc3c(c2)CCC3)c(C)n1C(C)(C)C. The van der Waals surface area contributed by atoms with Crippen LogP contribution in [0.4, 0.5) is 0 Å². The van der Waals surface area contributed by atoms with E-state index in [-0.39, 0.29) is 17.9 Å². The van der Waals surface area contributed by atoms with E-state index in [1.165, 1.54) is 17.5 Å². The number of Topliss-reactive ketones (excluding diaryl/α,β-unsaturated/α-hetero) is 1. The molecule has 1 aliphatic rings. The number of carbonyl (C=O) groups is 1. The number of ketones is 1. The number of carbonyl (C=O) groups excluding carboxylic acids is 1. The predicted octanol–water partition coefficient (Wildman–Crippen LogP) is 4.61. The maximum atomic E-state index is 12.6. The van der Waals surface area contributed by atoms with E-state index in [1.807, 2.05) is 19.1 Å². The van der Waals surface area contributed by atoms with Crippen LogP contribution >= 0.6 is 0 Å². The first-order chi connectivity index (χ1) is 11.3. The molecular weight excluding hydrogens is 298 g/mol. The molecule has 0 unspecified atom stereocenters. The van der Waals surface area contributed by atoms with Gasteiger partial charge in [0.1, 0.15) is 5.75 Å².